The molecule has 3 nitrogen and oxygen atoms in total. The highest BCUT2D eigenvalue weighted by Gasteiger charge is 2.43. The smallest absolute Gasteiger partial charge is 0.267 e. The molecule has 0 radical (unpaired) electrons. The van der Waals surface area contributed by atoms with Crippen molar-refractivity contribution in [2.45, 2.75) is 25.3 Å². The van der Waals surface area contributed by atoms with Crippen LogP contribution < -0.4 is 0 Å². The van der Waals surface area contributed by atoms with Gasteiger partial charge in [-0.05, 0) is 90.6 Å². The molecular formula is C27H21BrCl2N2O. The summed E-state index contributed by atoms with van der Waals surface area (Å²) >= 11 is 15.7. The van der Waals surface area contributed by atoms with E-state index in [1.807, 2.05) is 72.8 Å². The summed E-state index contributed by atoms with van der Waals surface area (Å²) in [4.78, 5) is 13.6. The Labute approximate surface area is 211 Å². The highest BCUT2D eigenvalue weighted by molar-refractivity contribution is 9.10. The molecule has 166 valence electrons. The SMILES string of the molecule is O=C(c1ccc(Br)cc1)N1N=C2/C(=C/c3ccc(Cl)cc3)CCCC2C1c1ccc(Cl)cc1. The fourth-order valence-corrected chi connectivity index (χ4v) is 5.16. The number of hydrogen-bond acceptors (Lipinski definition) is 2. The van der Waals surface area contributed by atoms with Crippen LogP contribution >= 0.6 is 39.1 Å². The van der Waals surface area contributed by atoms with Crippen molar-refractivity contribution in [3.05, 3.63) is 110 Å². The molecule has 0 bridgehead atoms. The predicted molar refractivity (Wildman–Crippen MR) is 139 cm³/mol. The highest BCUT2D eigenvalue weighted by atomic mass is 79.9. The van der Waals surface area contributed by atoms with E-state index in [1.54, 1.807) is 5.01 Å². The first-order chi connectivity index (χ1) is 16.0. The topological polar surface area (TPSA) is 32.7 Å². The normalized spacial score (nSPS) is 21.1. The third-order valence-electron chi connectivity index (χ3n) is 6.22. The number of hydrogen-bond donors (Lipinski definition) is 0. The van der Waals surface area contributed by atoms with Gasteiger partial charge in [-0.1, -0.05) is 63.4 Å². The van der Waals surface area contributed by atoms with Gasteiger partial charge in [0, 0.05) is 26.0 Å². The lowest BCUT2D eigenvalue weighted by Crippen LogP contribution is -2.31. The van der Waals surface area contributed by atoms with E-state index >= 15 is 0 Å². The summed E-state index contributed by atoms with van der Waals surface area (Å²) in [6.07, 6.45) is 5.14. The van der Waals surface area contributed by atoms with E-state index in [4.69, 9.17) is 28.3 Å². The summed E-state index contributed by atoms with van der Waals surface area (Å²) in [5.74, 6) is 0.0352. The van der Waals surface area contributed by atoms with Gasteiger partial charge in [0.1, 0.15) is 0 Å². The number of carbonyl (C=O) groups is 1. The third kappa shape index (κ3) is 4.65. The van der Waals surface area contributed by atoms with Crippen LogP contribution in [0.5, 0.6) is 0 Å². The molecule has 2 atom stereocenters. The molecule has 33 heavy (non-hydrogen) atoms. The van der Waals surface area contributed by atoms with Crippen molar-refractivity contribution in [1.82, 2.24) is 5.01 Å². The zero-order valence-corrected chi connectivity index (χ0v) is 20.8. The molecule has 1 fully saturated rings. The van der Waals surface area contributed by atoms with Crippen molar-refractivity contribution >= 4 is 56.8 Å². The van der Waals surface area contributed by atoms with E-state index in [2.05, 4.69) is 22.0 Å². The third-order valence-corrected chi connectivity index (χ3v) is 7.26. The van der Waals surface area contributed by atoms with Crippen LogP contribution in [0.15, 0.2) is 87.9 Å². The van der Waals surface area contributed by atoms with Crippen molar-refractivity contribution in [1.29, 1.82) is 0 Å². The Bertz CT molecular complexity index is 1230. The number of carbonyl (C=O) groups excluding carboxylic acids is 1. The molecule has 2 aliphatic rings. The van der Waals surface area contributed by atoms with Crippen molar-refractivity contribution in [2.75, 3.05) is 0 Å². The molecule has 1 amide bonds. The largest absolute Gasteiger partial charge is 0.274 e. The summed E-state index contributed by atoms with van der Waals surface area (Å²) in [7, 11) is 0. The molecule has 3 aromatic carbocycles. The molecule has 1 saturated carbocycles. The van der Waals surface area contributed by atoms with Gasteiger partial charge in [0.25, 0.3) is 5.91 Å². The van der Waals surface area contributed by atoms with Gasteiger partial charge >= 0.3 is 0 Å². The second-order valence-electron chi connectivity index (χ2n) is 8.36. The van der Waals surface area contributed by atoms with Gasteiger partial charge in [0.05, 0.1) is 11.8 Å². The molecule has 1 aliphatic heterocycles. The average molecular weight is 540 g/mol. The Hall–Kier alpha value is -2.40. The minimum atomic E-state index is -0.165. The molecule has 1 heterocycles. The summed E-state index contributed by atoms with van der Waals surface area (Å²) in [6, 6.07) is 22.8. The van der Waals surface area contributed by atoms with Crippen LogP contribution in [-0.4, -0.2) is 16.6 Å². The number of hydrazone groups is 1. The Morgan fingerprint density at radius 3 is 2.24 bits per heavy atom. The van der Waals surface area contributed by atoms with Crippen LogP contribution in [0.4, 0.5) is 0 Å². The zero-order valence-electron chi connectivity index (χ0n) is 17.7. The second kappa shape index (κ2) is 9.46. The first-order valence-electron chi connectivity index (χ1n) is 10.9. The second-order valence-corrected chi connectivity index (χ2v) is 10.1. The number of benzene rings is 3. The first-order valence-corrected chi connectivity index (χ1v) is 12.4. The van der Waals surface area contributed by atoms with Crippen molar-refractivity contribution in [3.63, 3.8) is 0 Å². The summed E-state index contributed by atoms with van der Waals surface area (Å²) < 4.78 is 0.933. The highest BCUT2D eigenvalue weighted by Crippen LogP contribution is 2.45. The summed E-state index contributed by atoms with van der Waals surface area (Å²) in [5, 5.41) is 8.01. The lowest BCUT2D eigenvalue weighted by atomic mass is 9.77. The Kier molecular flexibility index (Phi) is 6.42. The zero-order chi connectivity index (χ0) is 22.9. The number of amides is 1. The number of allylic oxidation sites excluding steroid dienone is 1. The molecule has 0 spiro atoms. The van der Waals surface area contributed by atoms with E-state index < -0.39 is 0 Å². The van der Waals surface area contributed by atoms with Crippen LogP contribution in [0.2, 0.25) is 10.0 Å². The maximum Gasteiger partial charge on any atom is 0.274 e. The molecule has 2 unspecified atom stereocenters. The molecule has 5 rings (SSSR count). The van der Waals surface area contributed by atoms with Crippen molar-refractivity contribution in [3.8, 4) is 0 Å². The van der Waals surface area contributed by atoms with Gasteiger partial charge in [0.15, 0.2) is 0 Å². The Morgan fingerprint density at radius 1 is 0.939 bits per heavy atom. The van der Waals surface area contributed by atoms with Crippen LogP contribution in [0.1, 0.15) is 46.8 Å². The minimum Gasteiger partial charge on any atom is -0.267 e. The minimum absolute atomic E-state index is 0.102. The fourth-order valence-electron chi connectivity index (χ4n) is 4.65. The van der Waals surface area contributed by atoms with E-state index in [0.717, 1.165) is 40.6 Å². The average Bonchev–Trinajstić information content (AvgIpc) is 3.22. The van der Waals surface area contributed by atoms with Gasteiger partial charge in [-0.2, -0.15) is 5.10 Å². The summed E-state index contributed by atoms with van der Waals surface area (Å²) in [6.45, 7) is 0. The van der Waals surface area contributed by atoms with Gasteiger partial charge in [0.2, 0.25) is 0 Å². The lowest BCUT2D eigenvalue weighted by molar-refractivity contribution is 0.0681. The standard InChI is InChI=1S/C27H21BrCl2N2O/c28-21-10-6-19(7-11-21)27(33)32-26(18-8-14-23(30)15-9-18)24-3-1-2-20(25(24)31-32)16-17-4-12-22(29)13-5-17/h4-16,24,26H,1-3H2/b20-16+. The first kappa shape index (κ1) is 22.4. The predicted octanol–water partition coefficient (Wildman–Crippen LogP) is 8.19. The van der Waals surface area contributed by atoms with E-state index in [0.29, 0.717) is 15.6 Å². The summed E-state index contributed by atoms with van der Waals surface area (Å²) in [5.41, 5.74) is 4.92. The fraction of sp³-hybridized carbons (Fsp3) is 0.185. The number of nitrogens with zero attached hydrogens (tertiary/aromatic N) is 2. The molecule has 1 aliphatic carbocycles. The van der Waals surface area contributed by atoms with Gasteiger partial charge in [-0.25, -0.2) is 5.01 Å². The van der Waals surface area contributed by atoms with Crippen LogP contribution in [0.25, 0.3) is 6.08 Å². The van der Waals surface area contributed by atoms with Crippen LogP contribution in [0, 0.1) is 5.92 Å². The van der Waals surface area contributed by atoms with Gasteiger partial charge in [-0.15, -0.1) is 0 Å². The van der Waals surface area contributed by atoms with Crippen molar-refractivity contribution in [2.24, 2.45) is 11.0 Å². The number of fused-ring (bicyclic) bond motifs is 1. The molecular weight excluding hydrogens is 519 g/mol. The van der Waals surface area contributed by atoms with E-state index in [9.17, 15) is 4.79 Å². The Morgan fingerprint density at radius 2 is 1.58 bits per heavy atom. The van der Waals surface area contributed by atoms with Gasteiger partial charge < -0.3 is 0 Å². The molecule has 0 saturated heterocycles. The van der Waals surface area contributed by atoms with Crippen LogP contribution in [0.3, 0.4) is 0 Å². The molecule has 0 N–H and O–H groups in total. The van der Waals surface area contributed by atoms with E-state index in [-0.39, 0.29) is 17.9 Å². The monoisotopic (exact) mass is 538 g/mol. The Balaban J connectivity index is 1.57. The molecule has 6 heteroatoms. The maximum absolute atomic E-state index is 13.6. The van der Waals surface area contributed by atoms with Gasteiger partial charge in [-0.3, -0.25) is 4.79 Å². The van der Waals surface area contributed by atoms with E-state index in [1.165, 1.54) is 5.57 Å². The lowest BCUT2D eigenvalue weighted by Gasteiger charge is -2.29. The number of halogens is 3. The quantitative estimate of drug-likeness (QED) is 0.330. The molecule has 0 aromatic heterocycles. The maximum atomic E-state index is 13.6. The number of rotatable bonds is 3. The van der Waals surface area contributed by atoms with Crippen molar-refractivity contribution < 1.29 is 4.79 Å². The molecule has 3 aromatic rings. The van der Waals surface area contributed by atoms with Crippen LogP contribution in [-0.2, 0) is 0 Å².